The van der Waals surface area contributed by atoms with Crippen LogP contribution in [0.2, 0.25) is 0 Å². The number of rotatable bonds is 6. The van der Waals surface area contributed by atoms with Gasteiger partial charge in [-0.15, -0.1) is 0 Å². The summed E-state index contributed by atoms with van der Waals surface area (Å²) in [5.74, 6) is 0. The highest BCUT2D eigenvalue weighted by atomic mass is 15.1. The van der Waals surface area contributed by atoms with Crippen LogP contribution in [0.5, 0.6) is 0 Å². The van der Waals surface area contributed by atoms with E-state index in [0.717, 1.165) is 13.1 Å². The van der Waals surface area contributed by atoms with E-state index in [2.05, 4.69) is 34.5 Å². The lowest BCUT2D eigenvalue weighted by Crippen LogP contribution is -2.31. The van der Waals surface area contributed by atoms with E-state index in [1.165, 1.54) is 44.3 Å². The quantitative estimate of drug-likeness (QED) is 0.758. The molecular formula is C15H24N2. The van der Waals surface area contributed by atoms with Gasteiger partial charge in [-0.05, 0) is 50.5 Å². The van der Waals surface area contributed by atoms with Crippen molar-refractivity contribution < 1.29 is 0 Å². The molecule has 1 aliphatic heterocycles. The summed E-state index contributed by atoms with van der Waals surface area (Å²) in [6.07, 6.45) is 5.22. The van der Waals surface area contributed by atoms with Crippen LogP contribution in [-0.4, -0.2) is 31.6 Å². The van der Waals surface area contributed by atoms with E-state index in [4.69, 9.17) is 0 Å². The average Bonchev–Trinajstić information content (AvgIpc) is 2.38. The molecule has 0 bridgehead atoms. The van der Waals surface area contributed by atoms with Gasteiger partial charge in [-0.1, -0.05) is 30.7 Å². The molecule has 1 N–H and O–H groups in total. The zero-order valence-corrected chi connectivity index (χ0v) is 10.9. The molecule has 0 atom stereocenters. The van der Waals surface area contributed by atoms with Crippen molar-refractivity contribution >= 4 is 0 Å². The Kier molecular flexibility index (Phi) is 5.02. The van der Waals surface area contributed by atoms with Gasteiger partial charge in [0.05, 0.1) is 0 Å². The summed E-state index contributed by atoms with van der Waals surface area (Å²) >= 11 is 0. The monoisotopic (exact) mass is 232 g/mol. The minimum absolute atomic E-state index is 1.15. The standard InChI is InChI=1S/C15H24N2/c1-16-10-5-2-6-11-17-12-9-14-7-3-4-8-15(14)13-17/h3-4,7-8,16H,2,5-6,9-13H2,1H3. The van der Waals surface area contributed by atoms with E-state index in [1.54, 1.807) is 5.56 Å². The number of fused-ring (bicyclic) bond motifs is 1. The summed E-state index contributed by atoms with van der Waals surface area (Å²) in [6, 6.07) is 8.88. The number of nitrogens with one attached hydrogen (secondary N) is 1. The maximum Gasteiger partial charge on any atom is 0.0236 e. The molecule has 0 fully saturated rings. The van der Waals surface area contributed by atoms with Gasteiger partial charge in [-0.3, -0.25) is 4.90 Å². The average molecular weight is 232 g/mol. The van der Waals surface area contributed by atoms with Crippen molar-refractivity contribution in [3.8, 4) is 0 Å². The number of unbranched alkanes of at least 4 members (excludes halogenated alkanes) is 2. The van der Waals surface area contributed by atoms with Crippen molar-refractivity contribution in [3.05, 3.63) is 35.4 Å². The predicted molar refractivity (Wildman–Crippen MR) is 73.2 cm³/mol. The van der Waals surface area contributed by atoms with Crippen molar-refractivity contribution in [2.24, 2.45) is 0 Å². The molecule has 0 unspecified atom stereocenters. The summed E-state index contributed by atoms with van der Waals surface area (Å²) in [4.78, 5) is 2.60. The number of nitrogens with zero attached hydrogens (tertiary/aromatic N) is 1. The SMILES string of the molecule is CNCCCCCN1CCc2ccccc2C1. The second-order valence-electron chi connectivity index (χ2n) is 4.96. The maximum absolute atomic E-state index is 3.21. The van der Waals surface area contributed by atoms with Gasteiger partial charge in [-0.2, -0.15) is 0 Å². The Morgan fingerprint density at radius 3 is 2.76 bits per heavy atom. The Bertz CT molecular complexity index is 335. The topological polar surface area (TPSA) is 15.3 Å². The van der Waals surface area contributed by atoms with Crippen molar-refractivity contribution in [1.82, 2.24) is 10.2 Å². The van der Waals surface area contributed by atoms with E-state index < -0.39 is 0 Å². The van der Waals surface area contributed by atoms with Crippen molar-refractivity contribution in [2.75, 3.05) is 26.7 Å². The summed E-state index contributed by atoms with van der Waals surface area (Å²) in [7, 11) is 2.03. The van der Waals surface area contributed by atoms with Gasteiger partial charge >= 0.3 is 0 Å². The van der Waals surface area contributed by atoms with Gasteiger partial charge in [0.1, 0.15) is 0 Å². The lowest BCUT2D eigenvalue weighted by atomic mass is 10.00. The molecule has 1 aromatic rings. The second kappa shape index (κ2) is 6.77. The predicted octanol–water partition coefficient (Wildman–Crippen LogP) is 2.43. The lowest BCUT2D eigenvalue weighted by molar-refractivity contribution is 0.248. The van der Waals surface area contributed by atoms with Crippen LogP contribution in [0.3, 0.4) is 0 Å². The third-order valence-electron chi connectivity index (χ3n) is 3.61. The Morgan fingerprint density at radius 2 is 1.94 bits per heavy atom. The maximum atomic E-state index is 3.21. The Labute approximate surface area is 105 Å². The number of hydrogen-bond donors (Lipinski definition) is 1. The molecule has 94 valence electrons. The van der Waals surface area contributed by atoms with Crippen LogP contribution in [0.25, 0.3) is 0 Å². The summed E-state index contributed by atoms with van der Waals surface area (Å²) in [6.45, 7) is 4.81. The van der Waals surface area contributed by atoms with Crippen LogP contribution in [0.15, 0.2) is 24.3 Å². The Balaban J connectivity index is 1.71. The highest BCUT2D eigenvalue weighted by Crippen LogP contribution is 2.18. The number of benzene rings is 1. The first-order valence-electron chi connectivity index (χ1n) is 6.84. The van der Waals surface area contributed by atoms with E-state index in [0.29, 0.717) is 0 Å². The van der Waals surface area contributed by atoms with Crippen molar-refractivity contribution in [2.45, 2.75) is 32.2 Å². The van der Waals surface area contributed by atoms with Crippen LogP contribution >= 0.6 is 0 Å². The molecule has 0 radical (unpaired) electrons. The molecule has 1 aromatic carbocycles. The largest absolute Gasteiger partial charge is 0.320 e. The summed E-state index contributed by atoms with van der Waals surface area (Å²) in [5.41, 5.74) is 3.09. The molecule has 1 heterocycles. The zero-order valence-electron chi connectivity index (χ0n) is 10.9. The minimum atomic E-state index is 1.15. The van der Waals surface area contributed by atoms with Crippen molar-refractivity contribution in [3.63, 3.8) is 0 Å². The molecule has 0 saturated carbocycles. The fourth-order valence-electron chi connectivity index (χ4n) is 2.56. The Hall–Kier alpha value is -0.860. The van der Waals surface area contributed by atoms with E-state index >= 15 is 0 Å². The molecule has 1 aliphatic rings. The molecule has 0 saturated heterocycles. The summed E-state index contributed by atoms with van der Waals surface area (Å²) in [5, 5.41) is 3.21. The second-order valence-corrected chi connectivity index (χ2v) is 4.96. The third kappa shape index (κ3) is 3.83. The van der Waals surface area contributed by atoms with E-state index in [-0.39, 0.29) is 0 Å². The van der Waals surface area contributed by atoms with Crippen LogP contribution in [0.4, 0.5) is 0 Å². The van der Waals surface area contributed by atoms with Gasteiger partial charge in [-0.25, -0.2) is 0 Å². The third-order valence-corrected chi connectivity index (χ3v) is 3.61. The molecular weight excluding hydrogens is 208 g/mol. The molecule has 0 spiro atoms. The summed E-state index contributed by atoms with van der Waals surface area (Å²) < 4.78 is 0. The lowest BCUT2D eigenvalue weighted by Gasteiger charge is -2.28. The van der Waals surface area contributed by atoms with Gasteiger partial charge in [0.25, 0.3) is 0 Å². The van der Waals surface area contributed by atoms with Crippen molar-refractivity contribution in [1.29, 1.82) is 0 Å². The van der Waals surface area contributed by atoms with Gasteiger partial charge < -0.3 is 5.32 Å². The fourth-order valence-corrected chi connectivity index (χ4v) is 2.56. The highest BCUT2D eigenvalue weighted by molar-refractivity contribution is 5.28. The fraction of sp³-hybridized carbons (Fsp3) is 0.600. The highest BCUT2D eigenvalue weighted by Gasteiger charge is 2.14. The van der Waals surface area contributed by atoms with E-state index in [9.17, 15) is 0 Å². The number of hydrogen-bond acceptors (Lipinski definition) is 2. The molecule has 2 nitrogen and oxygen atoms in total. The smallest absolute Gasteiger partial charge is 0.0236 e. The molecule has 17 heavy (non-hydrogen) atoms. The van der Waals surface area contributed by atoms with E-state index in [1.807, 2.05) is 7.05 Å². The zero-order chi connectivity index (χ0) is 11.9. The molecule has 0 amide bonds. The first-order valence-corrected chi connectivity index (χ1v) is 6.84. The molecule has 2 heteroatoms. The first kappa shape index (κ1) is 12.6. The van der Waals surface area contributed by atoms with Crippen LogP contribution in [-0.2, 0) is 13.0 Å². The van der Waals surface area contributed by atoms with Gasteiger partial charge in [0.2, 0.25) is 0 Å². The molecule has 2 rings (SSSR count). The normalized spacial score (nSPS) is 15.8. The van der Waals surface area contributed by atoms with Gasteiger partial charge in [0, 0.05) is 13.1 Å². The molecule has 0 aromatic heterocycles. The first-order chi connectivity index (χ1) is 8.40. The van der Waals surface area contributed by atoms with Gasteiger partial charge in [0.15, 0.2) is 0 Å². The Morgan fingerprint density at radius 1 is 1.12 bits per heavy atom. The van der Waals surface area contributed by atoms with Crippen LogP contribution < -0.4 is 5.32 Å². The van der Waals surface area contributed by atoms with Crippen LogP contribution in [0.1, 0.15) is 30.4 Å². The molecule has 0 aliphatic carbocycles. The van der Waals surface area contributed by atoms with Crippen LogP contribution in [0, 0.1) is 0 Å². The minimum Gasteiger partial charge on any atom is -0.320 e.